The van der Waals surface area contributed by atoms with E-state index in [2.05, 4.69) is 0 Å². The summed E-state index contributed by atoms with van der Waals surface area (Å²) in [5, 5.41) is 9.06. The van der Waals surface area contributed by atoms with Gasteiger partial charge in [-0.2, -0.15) is 0 Å². The number of hydrogen-bond acceptors (Lipinski definition) is 2. The van der Waals surface area contributed by atoms with Crippen molar-refractivity contribution >= 4 is 0 Å². The normalized spacial score (nSPS) is 18.0. The molecule has 0 aliphatic rings. The van der Waals surface area contributed by atoms with Crippen molar-refractivity contribution in [3.8, 4) is 0 Å². The molecule has 0 aromatic heterocycles. The van der Waals surface area contributed by atoms with Gasteiger partial charge in [-0.1, -0.05) is 13.8 Å². The van der Waals surface area contributed by atoms with Crippen molar-refractivity contribution in [2.75, 3.05) is 7.11 Å². The largest absolute Gasteiger partial charge is 0.391 e. The Bertz CT molecular complexity index is 61.3. The Morgan fingerprint density at radius 3 is 1.67 bits per heavy atom. The van der Waals surface area contributed by atoms with Gasteiger partial charge in [0.15, 0.2) is 0 Å². The summed E-state index contributed by atoms with van der Waals surface area (Å²) in [5.74, 6) is 0.384. The molecule has 0 aliphatic heterocycles. The van der Waals surface area contributed by atoms with E-state index >= 15 is 0 Å². The molecule has 0 aromatic carbocycles. The number of ether oxygens (including phenoxy) is 1. The maximum absolute atomic E-state index is 9.06. The molecule has 0 aliphatic carbocycles. The van der Waals surface area contributed by atoms with Gasteiger partial charge in [0.25, 0.3) is 0 Å². The van der Waals surface area contributed by atoms with Crippen LogP contribution in [0.4, 0.5) is 0 Å². The second kappa shape index (κ2) is 3.85. The van der Waals surface area contributed by atoms with Gasteiger partial charge < -0.3 is 9.84 Å². The number of aliphatic hydroxyl groups excluding tert-OH is 1. The van der Waals surface area contributed by atoms with Crippen LogP contribution >= 0.6 is 0 Å². The smallest absolute Gasteiger partial charge is 0.0850 e. The van der Waals surface area contributed by atoms with Crippen molar-refractivity contribution in [3.63, 3.8) is 0 Å². The summed E-state index contributed by atoms with van der Waals surface area (Å²) in [4.78, 5) is 0. The standard InChI is InChI=1S/C7H16O2/c1-5(2)7(9-4)6(3)8/h5-8H,1-4H3/t6-,7?/m0/s1. The number of hydrogen-bond donors (Lipinski definition) is 1. The Hall–Kier alpha value is -0.0800. The molecule has 1 unspecified atom stereocenters. The Balaban J connectivity index is 3.68. The van der Waals surface area contributed by atoms with Crippen LogP contribution in [-0.2, 0) is 4.74 Å². The van der Waals surface area contributed by atoms with E-state index in [-0.39, 0.29) is 12.2 Å². The van der Waals surface area contributed by atoms with Crippen molar-refractivity contribution in [1.29, 1.82) is 0 Å². The van der Waals surface area contributed by atoms with E-state index in [1.165, 1.54) is 0 Å². The van der Waals surface area contributed by atoms with E-state index in [0.29, 0.717) is 5.92 Å². The van der Waals surface area contributed by atoms with Gasteiger partial charge in [-0.25, -0.2) is 0 Å². The van der Waals surface area contributed by atoms with Crippen LogP contribution in [0.25, 0.3) is 0 Å². The molecule has 2 atom stereocenters. The zero-order valence-corrected chi connectivity index (χ0v) is 6.59. The fraction of sp³-hybridized carbons (Fsp3) is 1.00. The molecule has 2 heteroatoms. The Morgan fingerprint density at radius 1 is 1.22 bits per heavy atom. The van der Waals surface area contributed by atoms with Gasteiger partial charge in [0.2, 0.25) is 0 Å². The predicted octanol–water partition coefficient (Wildman–Crippen LogP) is 1.04. The van der Waals surface area contributed by atoms with E-state index in [1.54, 1.807) is 14.0 Å². The summed E-state index contributed by atoms with van der Waals surface area (Å²) in [6, 6.07) is 0. The highest BCUT2D eigenvalue weighted by atomic mass is 16.5. The highest BCUT2D eigenvalue weighted by Gasteiger charge is 2.16. The molecule has 0 radical (unpaired) electrons. The predicted molar refractivity (Wildman–Crippen MR) is 37.3 cm³/mol. The molecule has 2 nitrogen and oxygen atoms in total. The average Bonchev–Trinajstić information content (AvgIpc) is 1.64. The van der Waals surface area contributed by atoms with Crippen LogP contribution in [0.3, 0.4) is 0 Å². The highest BCUT2D eigenvalue weighted by molar-refractivity contribution is 4.66. The summed E-state index contributed by atoms with van der Waals surface area (Å²) >= 11 is 0. The summed E-state index contributed by atoms with van der Waals surface area (Å²) < 4.78 is 5.02. The molecule has 1 N–H and O–H groups in total. The van der Waals surface area contributed by atoms with Gasteiger partial charge in [-0.15, -0.1) is 0 Å². The molecular formula is C7H16O2. The fourth-order valence-electron chi connectivity index (χ4n) is 1.03. The lowest BCUT2D eigenvalue weighted by Crippen LogP contribution is -2.30. The van der Waals surface area contributed by atoms with E-state index in [4.69, 9.17) is 9.84 Å². The molecule has 0 bridgehead atoms. The van der Waals surface area contributed by atoms with Crippen LogP contribution in [0, 0.1) is 5.92 Å². The first-order valence-electron chi connectivity index (χ1n) is 3.30. The quantitative estimate of drug-likeness (QED) is 0.621. The van der Waals surface area contributed by atoms with E-state index < -0.39 is 0 Å². The summed E-state index contributed by atoms with van der Waals surface area (Å²) in [7, 11) is 1.62. The lowest BCUT2D eigenvalue weighted by atomic mass is 10.0. The molecule has 0 rings (SSSR count). The third-order valence-electron chi connectivity index (χ3n) is 1.40. The first kappa shape index (κ1) is 8.92. The Morgan fingerprint density at radius 2 is 1.67 bits per heavy atom. The maximum atomic E-state index is 9.06. The molecule has 0 amide bonds. The first-order chi connectivity index (χ1) is 4.09. The molecule has 0 saturated carbocycles. The SMILES string of the molecule is COC(C(C)C)[C@H](C)O. The van der Waals surface area contributed by atoms with Crippen LogP contribution in [0.15, 0.2) is 0 Å². The minimum Gasteiger partial charge on any atom is -0.391 e. The monoisotopic (exact) mass is 132 g/mol. The van der Waals surface area contributed by atoms with Gasteiger partial charge in [0.1, 0.15) is 0 Å². The molecule has 56 valence electrons. The van der Waals surface area contributed by atoms with E-state index in [0.717, 1.165) is 0 Å². The second-order valence-electron chi connectivity index (χ2n) is 2.68. The van der Waals surface area contributed by atoms with Crippen molar-refractivity contribution < 1.29 is 9.84 Å². The Kier molecular flexibility index (Phi) is 3.82. The lowest BCUT2D eigenvalue weighted by Gasteiger charge is -2.21. The highest BCUT2D eigenvalue weighted by Crippen LogP contribution is 2.08. The topological polar surface area (TPSA) is 29.5 Å². The van der Waals surface area contributed by atoms with Gasteiger partial charge in [-0.05, 0) is 12.8 Å². The van der Waals surface area contributed by atoms with Crippen molar-refractivity contribution in [1.82, 2.24) is 0 Å². The van der Waals surface area contributed by atoms with E-state index in [9.17, 15) is 0 Å². The van der Waals surface area contributed by atoms with Crippen LogP contribution in [0.5, 0.6) is 0 Å². The molecule has 0 spiro atoms. The Labute approximate surface area is 56.8 Å². The zero-order valence-electron chi connectivity index (χ0n) is 6.59. The third-order valence-corrected chi connectivity index (χ3v) is 1.40. The first-order valence-corrected chi connectivity index (χ1v) is 3.30. The molecule has 0 heterocycles. The van der Waals surface area contributed by atoms with Gasteiger partial charge in [0.05, 0.1) is 12.2 Å². The average molecular weight is 132 g/mol. The van der Waals surface area contributed by atoms with Crippen LogP contribution in [0.1, 0.15) is 20.8 Å². The van der Waals surface area contributed by atoms with Crippen molar-refractivity contribution in [2.24, 2.45) is 5.92 Å². The van der Waals surface area contributed by atoms with Crippen LogP contribution in [0.2, 0.25) is 0 Å². The van der Waals surface area contributed by atoms with E-state index in [1.807, 2.05) is 13.8 Å². The fourth-order valence-corrected chi connectivity index (χ4v) is 1.03. The second-order valence-corrected chi connectivity index (χ2v) is 2.68. The summed E-state index contributed by atoms with van der Waals surface area (Å²) in [6.45, 7) is 5.80. The van der Waals surface area contributed by atoms with Crippen LogP contribution < -0.4 is 0 Å². The third kappa shape index (κ3) is 2.82. The maximum Gasteiger partial charge on any atom is 0.0850 e. The van der Waals surface area contributed by atoms with Crippen LogP contribution in [-0.4, -0.2) is 24.4 Å². The molecule has 0 saturated heterocycles. The minimum absolute atomic E-state index is 0.0231. The lowest BCUT2D eigenvalue weighted by molar-refractivity contribution is -0.0285. The molecule has 9 heavy (non-hydrogen) atoms. The van der Waals surface area contributed by atoms with Gasteiger partial charge >= 0.3 is 0 Å². The molecule has 0 aromatic rings. The van der Waals surface area contributed by atoms with Gasteiger partial charge in [0, 0.05) is 7.11 Å². The number of methoxy groups -OCH3 is 1. The van der Waals surface area contributed by atoms with Gasteiger partial charge in [-0.3, -0.25) is 0 Å². The summed E-state index contributed by atoms with van der Waals surface area (Å²) in [6.07, 6.45) is -0.389. The minimum atomic E-state index is -0.366. The molecular weight excluding hydrogens is 116 g/mol. The molecule has 0 fully saturated rings. The number of aliphatic hydroxyl groups is 1. The summed E-state index contributed by atoms with van der Waals surface area (Å²) in [5.41, 5.74) is 0. The van der Waals surface area contributed by atoms with Crippen molar-refractivity contribution in [3.05, 3.63) is 0 Å². The zero-order chi connectivity index (χ0) is 7.44. The number of rotatable bonds is 3. The van der Waals surface area contributed by atoms with Crippen molar-refractivity contribution in [2.45, 2.75) is 33.0 Å².